The first-order chi connectivity index (χ1) is 13.0. The summed E-state index contributed by atoms with van der Waals surface area (Å²) < 4.78 is 15.9. The number of rotatable bonds is 5. The van der Waals surface area contributed by atoms with Crippen molar-refractivity contribution in [2.45, 2.75) is 13.8 Å². The van der Waals surface area contributed by atoms with Crippen LogP contribution in [0.25, 0.3) is 6.08 Å². The number of benzene rings is 2. The van der Waals surface area contributed by atoms with Crippen molar-refractivity contribution >= 4 is 23.6 Å². The number of carbonyl (C=O) groups is 2. The highest BCUT2D eigenvalue weighted by atomic mass is 16.6. The van der Waals surface area contributed by atoms with Gasteiger partial charge in [-0.2, -0.15) is 0 Å². The van der Waals surface area contributed by atoms with Gasteiger partial charge in [0.1, 0.15) is 13.2 Å². The maximum atomic E-state index is 12.0. The third kappa shape index (κ3) is 4.88. The highest BCUT2D eigenvalue weighted by Crippen LogP contribution is 2.31. The summed E-state index contributed by atoms with van der Waals surface area (Å²) >= 11 is 0. The number of ether oxygens (including phenoxy) is 3. The summed E-state index contributed by atoms with van der Waals surface area (Å²) in [6.45, 7) is 4.56. The Balaban J connectivity index is 1.51. The molecule has 0 saturated carbocycles. The maximum Gasteiger partial charge on any atom is 0.331 e. The molecule has 27 heavy (non-hydrogen) atoms. The molecule has 140 valence electrons. The molecule has 0 spiro atoms. The normalized spacial score (nSPS) is 12.7. The predicted molar refractivity (Wildman–Crippen MR) is 102 cm³/mol. The van der Waals surface area contributed by atoms with Gasteiger partial charge in [-0.25, -0.2) is 4.79 Å². The molecule has 0 bridgehead atoms. The SMILES string of the molecule is Cc1cccc(NC(=O)COC(=O)/C=C/c2ccc3c(c2)OCCO3)c1C. The van der Waals surface area contributed by atoms with Gasteiger partial charge >= 0.3 is 5.97 Å². The van der Waals surface area contributed by atoms with Gasteiger partial charge in [-0.1, -0.05) is 18.2 Å². The molecule has 1 aliphatic heterocycles. The lowest BCUT2D eigenvalue weighted by atomic mass is 10.1. The van der Waals surface area contributed by atoms with Gasteiger partial charge in [0.15, 0.2) is 18.1 Å². The summed E-state index contributed by atoms with van der Waals surface area (Å²) in [7, 11) is 0. The number of aryl methyl sites for hydroxylation is 1. The van der Waals surface area contributed by atoms with Gasteiger partial charge < -0.3 is 19.5 Å². The van der Waals surface area contributed by atoms with Crippen molar-refractivity contribution < 1.29 is 23.8 Å². The highest BCUT2D eigenvalue weighted by Gasteiger charge is 2.11. The number of nitrogens with one attached hydrogen (secondary N) is 1. The number of amides is 1. The van der Waals surface area contributed by atoms with Gasteiger partial charge in [0, 0.05) is 11.8 Å². The highest BCUT2D eigenvalue weighted by molar-refractivity contribution is 5.95. The van der Waals surface area contributed by atoms with Crippen LogP contribution in [-0.4, -0.2) is 31.7 Å². The molecule has 2 aromatic carbocycles. The van der Waals surface area contributed by atoms with Crippen molar-refractivity contribution in [1.82, 2.24) is 0 Å². The van der Waals surface area contributed by atoms with E-state index in [2.05, 4.69) is 5.32 Å². The number of hydrogen-bond donors (Lipinski definition) is 1. The van der Waals surface area contributed by atoms with Crippen LogP contribution in [0, 0.1) is 13.8 Å². The first-order valence-electron chi connectivity index (χ1n) is 8.63. The Bertz CT molecular complexity index is 888. The number of hydrogen-bond acceptors (Lipinski definition) is 5. The lowest BCUT2D eigenvalue weighted by molar-refractivity contribution is -0.142. The van der Waals surface area contributed by atoms with E-state index >= 15 is 0 Å². The summed E-state index contributed by atoms with van der Waals surface area (Å²) in [5, 5.41) is 2.74. The fourth-order valence-corrected chi connectivity index (χ4v) is 2.59. The molecule has 0 saturated heterocycles. The van der Waals surface area contributed by atoms with Crippen molar-refractivity contribution in [3.05, 3.63) is 59.2 Å². The van der Waals surface area contributed by atoms with E-state index in [0.717, 1.165) is 16.7 Å². The minimum Gasteiger partial charge on any atom is -0.486 e. The molecular formula is C21H21NO5. The van der Waals surface area contributed by atoms with Crippen molar-refractivity contribution in [2.75, 3.05) is 25.1 Å². The number of fused-ring (bicyclic) bond motifs is 1. The minimum absolute atomic E-state index is 0.350. The lowest BCUT2D eigenvalue weighted by Gasteiger charge is -2.18. The molecule has 1 heterocycles. The Labute approximate surface area is 157 Å². The Morgan fingerprint density at radius 1 is 1.11 bits per heavy atom. The Morgan fingerprint density at radius 2 is 1.89 bits per heavy atom. The summed E-state index contributed by atoms with van der Waals surface area (Å²) in [5.41, 5.74) is 3.54. The number of carbonyl (C=O) groups excluding carboxylic acids is 2. The summed E-state index contributed by atoms with van der Waals surface area (Å²) in [6.07, 6.45) is 2.87. The summed E-state index contributed by atoms with van der Waals surface area (Å²) in [4.78, 5) is 23.8. The van der Waals surface area contributed by atoms with Crippen LogP contribution in [0.15, 0.2) is 42.5 Å². The Morgan fingerprint density at radius 3 is 2.70 bits per heavy atom. The van der Waals surface area contributed by atoms with Crippen molar-refractivity contribution in [2.24, 2.45) is 0 Å². The molecule has 0 atom stereocenters. The lowest BCUT2D eigenvalue weighted by Crippen LogP contribution is -2.20. The largest absolute Gasteiger partial charge is 0.486 e. The van der Waals surface area contributed by atoms with E-state index in [1.807, 2.05) is 38.1 Å². The quantitative estimate of drug-likeness (QED) is 0.649. The van der Waals surface area contributed by atoms with Gasteiger partial charge in [0.25, 0.3) is 5.91 Å². The molecule has 1 amide bonds. The molecule has 1 N–H and O–H groups in total. The first-order valence-corrected chi connectivity index (χ1v) is 8.63. The number of esters is 1. The average molecular weight is 367 g/mol. The molecule has 0 radical (unpaired) electrons. The molecule has 3 rings (SSSR count). The molecule has 0 unspecified atom stereocenters. The van der Waals surface area contributed by atoms with E-state index in [4.69, 9.17) is 14.2 Å². The maximum absolute atomic E-state index is 12.0. The predicted octanol–water partition coefficient (Wildman–Crippen LogP) is 3.27. The van der Waals surface area contributed by atoms with Gasteiger partial charge in [0.2, 0.25) is 0 Å². The summed E-state index contributed by atoms with van der Waals surface area (Å²) in [5.74, 6) is 0.347. The molecule has 0 aliphatic carbocycles. The summed E-state index contributed by atoms with van der Waals surface area (Å²) in [6, 6.07) is 11.0. The van der Waals surface area contributed by atoms with Crippen LogP contribution in [0.3, 0.4) is 0 Å². The second-order valence-corrected chi connectivity index (χ2v) is 6.14. The van der Waals surface area contributed by atoms with Gasteiger partial charge in [-0.15, -0.1) is 0 Å². The zero-order valence-corrected chi connectivity index (χ0v) is 15.3. The van der Waals surface area contributed by atoms with Crippen LogP contribution >= 0.6 is 0 Å². The van der Waals surface area contributed by atoms with Gasteiger partial charge in [-0.05, 0) is 54.8 Å². The van der Waals surface area contributed by atoms with Crippen LogP contribution in [0.1, 0.15) is 16.7 Å². The van der Waals surface area contributed by atoms with E-state index in [9.17, 15) is 9.59 Å². The van der Waals surface area contributed by atoms with E-state index in [1.54, 1.807) is 18.2 Å². The second-order valence-electron chi connectivity index (χ2n) is 6.14. The smallest absolute Gasteiger partial charge is 0.331 e. The van der Waals surface area contributed by atoms with Crippen LogP contribution < -0.4 is 14.8 Å². The first kappa shape index (κ1) is 18.5. The van der Waals surface area contributed by atoms with Crippen LogP contribution in [-0.2, 0) is 14.3 Å². The molecule has 6 nitrogen and oxygen atoms in total. The fourth-order valence-electron chi connectivity index (χ4n) is 2.59. The fraction of sp³-hybridized carbons (Fsp3) is 0.238. The Kier molecular flexibility index (Phi) is 5.76. The molecule has 6 heteroatoms. The van der Waals surface area contributed by atoms with E-state index < -0.39 is 5.97 Å². The topological polar surface area (TPSA) is 73.9 Å². The number of anilines is 1. The van der Waals surface area contributed by atoms with E-state index in [0.29, 0.717) is 30.4 Å². The molecule has 1 aliphatic rings. The van der Waals surface area contributed by atoms with Crippen LogP contribution in [0.2, 0.25) is 0 Å². The molecule has 0 fully saturated rings. The molecule has 0 aromatic heterocycles. The van der Waals surface area contributed by atoms with Crippen molar-refractivity contribution in [1.29, 1.82) is 0 Å². The Hall–Kier alpha value is -3.28. The van der Waals surface area contributed by atoms with Gasteiger partial charge in [0.05, 0.1) is 0 Å². The standard InChI is InChI=1S/C21H21NO5/c1-14-4-3-5-17(15(14)2)22-20(23)13-27-21(24)9-7-16-6-8-18-19(12-16)26-11-10-25-18/h3-9,12H,10-11,13H2,1-2H3,(H,22,23)/b9-7+. The third-order valence-electron chi connectivity index (χ3n) is 4.20. The monoisotopic (exact) mass is 367 g/mol. The van der Waals surface area contributed by atoms with Gasteiger partial charge in [-0.3, -0.25) is 4.79 Å². The molecule has 2 aromatic rings. The molecular weight excluding hydrogens is 346 g/mol. The van der Waals surface area contributed by atoms with Crippen molar-refractivity contribution in [3.8, 4) is 11.5 Å². The van der Waals surface area contributed by atoms with E-state index in [-0.39, 0.29) is 12.5 Å². The zero-order valence-electron chi connectivity index (χ0n) is 15.3. The second kappa shape index (κ2) is 8.40. The minimum atomic E-state index is -0.596. The average Bonchev–Trinajstić information content (AvgIpc) is 2.68. The third-order valence-corrected chi connectivity index (χ3v) is 4.20. The van der Waals surface area contributed by atoms with Crippen LogP contribution in [0.4, 0.5) is 5.69 Å². The zero-order chi connectivity index (χ0) is 19.2. The van der Waals surface area contributed by atoms with Crippen molar-refractivity contribution in [3.63, 3.8) is 0 Å². The van der Waals surface area contributed by atoms with E-state index in [1.165, 1.54) is 6.08 Å². The van der Waals surface area contributed by atoms with Crippen LogP contribution in [0.5, 0.6) is 11.5 Å².